The van der Waals surface area contributed by atoms with Crippen LogP contribution in [0.3, 0.4) is 0 Å². The molecule has 152 valence electrons. The fourth-order valence-electron chi connectivity index (χ4n) is 3.68. The minimum atomic E-state index is -0.112. The van der Waals surface area contributed by atoms with Gasteiger partial charge >= 0.3 is 0 Å². The Kier molecular flexibility index (Phi) is 6.00. The number of ether oxygens (including phenoxy) is 2. The van der Waals surface area contributed by atoms with Gasteiger partial charge in [-0.3, -0.25) is 10.1 Å². The number of unbranched alkanes of at least 4 members (excludes halogenated alkanes) is 1. The van der Waals surface area contributed by atoms with Crippen LogP contribution in [0.1, 0.15) is 31.0 Å². The zero-order valence-corrected chi connectivity index (χ0v) is 16.7. The molecule has 6 heteroatoms. The molecule has 1 amide bonds. The Morgan fingerprint density at radius 3 is 2.59 bits per heavy atom. The highest BCUT2D eigenvalue weighted by atomic mass is 16.7. The molecule has 0 saturated heterocycles. The summed E-state index contributed by atoms with van der Waals surface area (Å²) in [7, 11) is 0. The lowest BCUT2D eigenvalue weighted by Gasteiger charge is -2.23. The van der Waals surface area contributed by atoms with Crippen LogP contribution in [0.25, 0.3) is 10.9 Å². The average Bonchev–Trinajstić information content (AvgIpc) is 3.38. The van der Waals surface area contributed by atoms with Crippen molar-refractivity contribution in [2.24, 2.45) is 0 Å². The van der Waals surface area contributed by atoms with Gasteiger partial charge in [-0.25, -0.2) is 0 Å². The highest BCUT2D eigenvalue weighted by Gasteiger charge is 2.26. The third-order valence-electron chi connectivity index (χ3n) is 5.26. The molecule has 29 heavy (non-hydrogen) atoms. The minimum Gasteiger partial charge on any atom is -0.454 e. The standard InChI is InChI=1S/C16H21N3O.C7H6O2/c1-2-3-8-17-16(20)14-9-12-11-6-4-5-7-13(11)19-15(12)10-18-14;1-2-4-7-6(3-1)8-5-9-7/h4-7,14,18-19H,2-3,8-10H2,1H3,(H,17,20);1-4H,5H2/t14-;/m1./s1. The fraction of sp³-hybridized carbons (Fsp3) is 0.348. The number of amides is 1. The molecule has 0 fully saturated rings. The van der Waals surface area contributed by atoms with Gasteiger partial charge in [0.05, 0.1) is 6.04 Å². The van der Waals surface area contributed by atoms with E-state index in [1.54, 1.807) is 0 Å². The van der Waals surface area contributed by atoms with E-state index in [-0.39, 0.29) is 11.9 Å². The van der Waals surface area contributed by atoms with E-state index >= 15 is 0 Å². The zero-order valence-electron chi connectivity index (χ0n) is 16.7. The number of aromatic amines is 1. The molecule has 3 N–H and O–H groups in total. The maximum atomic E-state index is 12.2. The van der Waals surface area contributed by atoms with E-state index in [2.05, 4.69) is 40.7 Å². The van der Waals surface area contributed by atoms with Gasteiger partial charge < -0.3 is 19.8 Å². The Morgan fingerprint density at radius 2 is 1.83 bits per heavy atom. The number of rotatable bonds is 4. The molecule has 2 aromatic carbocycles. The zero-order chi connectivity index (χ0) is 20.1. The molecule has 2 aliphatic rings. The number of H-pyrrole nitrogens is 1. The van der Waals surface area contributed by atoms with E-state index in [0.29, 0.717) is 6.79 Å². The average molecular weight is 393 g/mol. The van der Waals surface area contributed by atoms with Crippen molar-refractivity contribution in [2.75, 3.05) is 13.3 Å². The Labute approximate surface area is 170 Å². The van der Waals surface area contributed by atoms with E-state index in [1.807, 2.05) is 30.3 Å². The van der Waals surface area contributed by atoms with Crippen molar-refractivity contribution in [1.29, 1.82) is 0 Å². The number of aromatic nitrogens is 1. The molecule has 2 aliphatic heterocycles. The quantitative estimate of drug-likeness (QED) is 0.593. The lowest BCUT2D eigenvalue weighted by atomic mass is 9.98. The number of hydrogen-bond acceptors (Lipinski definition) is 4. The predicted octanol–water partition coefficient (Wildman–Crippen LogP) is 3.51. The molecule has 5 rings (SSSR count). The molecule has 1 aromatic heterocycles. The van der Waals surface area contributed by atoms with Crippen LogP contribution in [0.4, 0.5) is 0 Å². The summed E-state index contributed by atoms with van der Waals surface area (Å²) in [5, 5.41) is 7.58. The molecule has 0 saturated carbocycles. The van der Waals surface area contributed by atoms with Crippen LogP contribution < -0.4 is 20.1 Å². The van der Waals surface area contributed by atoms with Gasteiger partial charge in [-0.15, -0.1) is 0 Å². The first-order valence-corrected chi connectivity index (χ1v) is 10.2. The van der Waals surface area contributed by atoms with Crippen molar-refractivity contribution in [3.8, 4) is 11.5 Å². The number of hydrogen-bond donors (Lipinski definition) is 3. The van der Waals surface area contributed by atoms with E-state index in [0.717, 1.165) is 49.4 Å². The van der Waals surface area contributed by atoms with Crippen LogP contribution in [0.5, 0.6) is 11.5 Å². The van der Waals surface area contributed by atoms with Gasteiger partial charge in [-0.2, -0.15) is 0 Å². The topological polar surface area (TPSA) is 75.4 Å². The van der Waals surface area contributed by atoms with Gasteiger partial charge in [0.1, 0.15) is 0 Å². The minimum absolute atomic E-state index is 0.112. The lowest BCUT2D eigenvalue weighted by Crippen LogP contribution is -2.47. The number of carbonyl (C=O) groups is 1. The van der Waals surface area contributed by atoms with Gasteiger partial charge in [0, 0.05) is 29.7 Å². The van der Waals surface area contributed by atoms with Gasteiger partial charge in [0.15, 0.2) is 11.5 Å². The predicted molar refractivity (Wildman–Crippen MR) is 113 cm³/mol. The Balaban J connectivity index is 0.000000188. The summed E-state index contributed by atoms with van der Waals surface area (Å²) in [4.78, 5) is 15.6. The Hall–Kier alpha value is -2.99. The fourth-order valence-corrected chi connectivity index (χ4v) is 3.68. The summed E-state index contributed by atoms with van der Waals surface area (Å²) in [6.45, 7) is 3.99. The van der Waals surface area contributed by atoms with Crippen molar-refractivity contribution in [3.63, 3.8) is 0 Å². The first kappa shape index (κ1) is 19.3. The first-order chi connectivity index (χ1) is 14.3. The second-order valence-corrected chi connectivity index (χ2v) is 7.26. The van der Waals surface area contributed by atoms with Crippen LogP contribution >= 0.6 is 0 Å². The van der Waals surface area contributed by atoms with Crippen molar-refractivity contribution in [3.05, 3.63) is 59.8 Å². The van der Waals surface area contributed by atoms with E-state index in [1.165, 1.54) is 16.6 Å². The smallest absolute Gasteiger partial charge is 0.237 e. The number of para-hydroxylation sites is 3. The summed E-state index contributed by atoms with van der Waals surface area (Å²) >= 11 is 0. The molecule has 0 bridgehead atoms. The molecule has 3 aromatic rings. The Bertz CT molecular complexity index is 959. The second-order valence-electron chi connectivity index (χ2n) is 7.26. The highest BCUT2D eigenvalue weighted by Crippen LogP contribution is 2.30. The molecule has 0 radical (unpaired) electrons. The summed E-state index contributed by atoms with van der Waals surface area (Å²) in [6, 6.07) is 15.8. The van der Waals surface area contributed by atoms with Crippen LogP contribution in [0.15, 0.2) is 48.5 Å². The summed E-state index contributed by atoms with van der Waals surface area (Å²) < 4.78 is 10.2. The Morgan fingerprint density at radius 1 is 1.10 bits per heavy atom. The number of carbonyl (C=O) groups excluding carboxylic acids is 1. The van der Waals surface area contributed by atoms with Crippen LogP contribution in [0.2, 0.25) is 0 Å². The molecular formula is C23H27N3O3. The van der Waals surface area contributed by atoms with Crippen molar-refractivity contribution in [1.82, 2.24) is 15.6 Å². The van der Waals surface area contributed by atoms with Crippen LogP contribution in [-0.4, -0.2) is 30.3 Å². The summed E-state index contributed by atoms with van der Waals surface area (Å²) in [6.07, 6.45) is 2.90. The lowest BCUT2D eigenvalue weighted by molar-refractivity contribution is -0.123. The monoisotopic (exact) mass is 393 g/mol. The number of benzene rings is 2. The van der Waals surface area contributed by atoms with Gasteiger partial charge in [0.2, 0.25) is 12.7 Å². The third-order valence-corrected chi connectivity index (χ3v) is 5.26. The van der Waals surface area contributed by atoms with Crippen LogP contribution in [-0.2, 0) is 17.8 Å². The van der Waals surface area contributed by atoms with E-state index in [9.17, 15) is 4.79 Å². The third kappa shape index (κ3) is 4.38. The largest absolute Gasteiger partial charge is 0.454 e. The van der Waals surface area contributed by atoms with Gasteiger partial charge in [0.25, 0.3) is 0 Å². The first-order valence-electron chi connectivity index (χ1n) is 10.2. The van der Waals surface area contributed by atoms with Gasteiger partial charge in [-0.05, 0) is 36.6 Å². The maximum Gasteiger partial charge on any atom is 0.237 e. The van der Waals surface area contributed by atoms with Gasteiger partial charge in [-0.1, -0.05) is 43.7 Å². The maximum absolute atomic E-state index is 12.2. The number of nitrogens with one attached hydrogen (secondary N) is 3. The number of fused-ring (bicyclic) bond motifs is 4. The van der Waals surface area contributed by atoms with E-state index in [4.69, 9.17) is 9.47 Å². The highest BCUT2D eigenvalue weighted by molar-refractivity contribution is 5.88. The normalized spacial score (nSPS) is 16.7. The molecule has 0 unspecified atom stereocenters. The summed E-state index contributed by atoms with van der Waals surface area (Å²) in [5.41, 5.74) is 3.66. The van der Waals surface area contributed by atoms with Crippen molar-refractivity contribution < 1.29 is 14.3 Å². The van der Waals surface area contributed by atoms with Crippen molar-refractivity contribution in [2.45, 2.75) is 38.8 Å². The molecule has 0 aliphatic carbocycles. The molecule has 0 spiro atoms. The summed E-state index contributed by atoms with van der Waals surface area (Å²) in [5.74, 6) is 1.81. The van der Waals surface area contributed by atoms with Crippen molar-refractivity contribution >= 4 is 16.8 Å². The van der Waals surface area contributed by atoms with Crippen LogP contribution in [0, 0.1) is 0 Å². The molecule has 3 heterocycles. The molecule has 1 atom stereocenters. The molecule has 6 nitrogen and oxygen atoms in total. The van der Waals surface area contributed by atoms with E-state index < -0.39 is 0 Å². The second kappa shape index (κ2) is 9.01. The SMILES string of the molecule is CCCCNC(=O)[C@H]1Cc2c([nH]c3ccccc23)CN1.c1ccc2c(c1)OCO2. The molecular weight excluding hydrogens is 366 g/mol.